The third-order valence-corrected chi connectivity index (χ3v) is 12.1. The molecule has 0 bridgehead atoms. The Hall–Kier alpha value is -3.73. The molecule has 4 aliphatic carbocycles. The highest BCUT2D eigenvalue weighted by Gasteiger charge is 2.92. The van der Waals surface area contributed by atoms with Gasteiger partial charge >= 0.3 is 17.9 Å². The van der Waals surface area contributed by atoms with Crippen molar-refractivity contribution in [3.63, 3.8) is 0 Å². The number of esters is 3. The number of hydrogen-bond acceptors (Lipinski definition) is 11. The molecule has 242 valence electrons. The van der Waals surface area contributed by atoms with Gasteiger partial charge in [0, 0.05) is 35.2 Å². The molecular weight excluding hydrogens is 584 g/mol. The smallest absolute Gasteiger partial charge is 0.323 e. The van der Waals surface area contributed by atoms with E-state index in [-0.39, 0.29) is 11.5 Å². The van der Waals surface area contributed by atoms with Crippen molar-refractivity contribution in [1.82, 2.24) is 0 Å². The van der Waals surface area contributed by atoms with Crippen molar-refractivity contribution in [1.29, 1.82) is 0 Å². The van der Waals surface area contributed by atoms with Gasteiger partial charge in [-0.05, 0) is 44.4 Å². The topological polar surface area (TPSA) is 159 Å². The van der Waals surface area contributed by atoms with Crippen LogP contribution in [0.15, 0.2) is 46.5 Å². The van der Waals surface area contributed by atoms with Gasteiger partial charge in [0.05, 0.1) is 37.1 Å². The van der Waals surface area contributed by atoms with Gasteiger partial charge < -0.3 is 28.5 Å². The van der Waals surface area contributed by atoms with Crippen LogP contribution in [-0.4, -0.2) is 65.6 Å². The normalized spacial score (nSPS) is 43.4. The molecule has 0 aromatic carbocycles. The predicted octanol–water partition coefficient (Wildman–Crippen LogP) is 4.16. The second-order valence-corrected chi connectivity index (χ2v) is 14.0. The number of carbonyl (C=O) groups is 5. The summed E-state index contributed by atoms with van der Waals surface area (Å²) in [5.74, 6) is -6.17. The van der Waals surface area contributed by atoms with Gasteiger partial charge in [-0.15, -0.1) is 0 Å². The van der Waals surface area contributed by atoms with Gasteiger partial charge in [-0.25, -0.2) is 0 Å². The maximum Gasteiger partial charge on any atom is 0.323 e. The quantitative estimate of drug-likeness (QED) is 0.210. The van der Waals surface area contributed by atoms with Crippen LogP contribution in [0.3, 0.4) is 0 Å². The van der Waals surface area contributed by atoms with Crippen molar-refractivity contribution in [2.45, 2.75) is 91.1 Å². The number of aliphatic hydroxyl groups excluding tert-OH is 1. The average molecular weight is 625 g/mol. The Morgan fingerprint density at radius 1 is 1.13 bits per heavy atom. The molecule has 1 aromatic heterocycles. The minimum atomic E-state index is -2.06. The molecule has 1 saturated heterocycles. The van der Waals surface area contributed by atoms with E-state index in [9.17, 15) is 29.1 Å². The number of Topliss-reactive ketones (excluding diaryl/α,β-unsaturated/α-hetero) is 1. The van der Waals surface area contributed by atoms with Crippen molar-refractivity contribution in [3.8, 4) is 0 Å². The lowest BCUT2D eigenvalue weighted by molar-refractivity contribution is -0.249. The van der Waals surface area contributed by atoms with Crippen molar-refractivity contribution in [2.24, 2.45) is 33.5 Å². The lowest BCUT2D eigenvalue weighted by atomic mass is 9.38. The summed E-state index contributed by atoms with van der Waals surface area (Å²) in [6.45, 7) is 11.4. The average Bonchev–Trinajstić information content (AvgIpc) is 3.35. The Labute approximate surface area is 261 Å². The van der Waals surface area contributed by atoms with E-state index in [1.165, 1.54) is 19.9 Å². The Bertz CT molecular complexity index is 1570. The lowest BCUT2D eigenvalue weighted by Gasteiger charge is -2.65. The van der Waals surface area contributed by atoms with Crippen LogP contribution in [0.2, 0.25) is 0 Å². The molecule has 2 heterocycles. The largest absolute Gasteiger partial charge is 0.504 e. The first kappa shape index (κ1) is 31.3. The molecule has 5 aliphatic rings. The number of methoxy groups -OCH3 is 1. The van der Waals surface area contributed by atoms with E-state index in [0.29, 0.717) is 12.8 Å². The van der Waals surface area contributed by atoms with Crippen LogP contribution < -0.4 is 0 Å². The first-order valence-electron chi connectivity index (χ1n) is 15.4. The molecule has 1 spiro atoms. The van der Waals surface area contributed by atoms with Crippen molar-refractivity contribution < 1.29 is 52.4 Å². The standard InChI is InChI=1S/C34H40O11/c1-9-16(2)28(39)44-27-23(43-17(3)35)25-30(4)12-10-20(36)31(5,29(40)41-8)24(30)22(37)26(38)33(25,7)34-21(45-34)14-19(32(27,34)6)18-11-13-42-15-18/h10-13,15-16,19,21,23,25,27,37H,9,14H2,1-8H3/t16?,19-,21+,23?,25?,27-,30-,31-,32+,33-,34+/m0/s1. The second-order valence-electron chi connectivity index (χ2n) is 14.0. The van der Waals surface area contributed by atoms with Crippen molar-refractivity contribution in [2.75, 3.05) is 7.11 Å². The van der Waals surface area contributed by atoms with Crippen LogP contribution >= 0.6 is 0 Å². The van der Waals surface area contributed by atoms with Crippen LogP contribution in [0, 0.1) is 33.5 Å². The number of epoxide rings is 1. The molecule has 11 heteroatoms. The summed E-state index contributed by atoms with van der Waals surface area (Å²) in [5.41, 5.74) is -6.86. The number of carbonyl (C=O) groups excluding carboxylic acids is 5. The van der Waals surface area contributed by atoms with E-state index < -0.39 is 92.6 Å². The van der Waals surface area contributed by atoms with Crippen LogP contribution in [-0.2, 0) is 42.9 Å². The first-order chi connectivity index (χ1) is 21.0. The van der Waals surface area contributed by atoms with Gasteiger partial charge in [-0.3, -0.25) is 24.0 Å². The molecule has 2 saturated carbocycles. The highest BCUT2D eigenvalue weighted by Crippen LogP contribution is 2.82. The molecule has 45 heavy (non-hydrogen) atoms. The van der Waals surface area contributed by atoms with E-state index in [2.05, 4.69) is 0 Å². The van der Waals surface area contributed by atoms with Gasteiger partial charge in [-0.2, -0.15) is 0 Å². The number of ether oxygens (including phenoxy) is 4. The van der Waals surface area contributed by atoms with Crippen molar-refractivity contribution in [3.05, 3.63) is 47.6 Å². The summed E-state index contributed by atoms with van der Waals surface area (Å²) in [4.78, 5) is 68.2. The zero-order valence-corrected chi connectivity index (χ0v) is 26.8. The fraction of sp³-hybridized carbons (Fsp3) is 0.618. The Morgan fingerprint density at radius 3 is 2.40 bits per heavy atom. The number of furan rings is 1. The molecule has 3 unspecified atom stereocenters. The Kier molecular flexibility index (Phi) is 6.70. The molecule has 0 radical (unpaired) electrons. The maximum atomic E-state index is 14.9. The van der Waals surface area contributed by atoms with Gasteiger partial charge in [0.1, 0.15) is 17.8 Å². The minimum absolute atomic E-state index is 0.146. The number of allylic oxidation sites excluding steroid dienone is 3. The first-order valence-corrected chi connectivity index (χ1v) is 15.4. The molecule has 1 N–H and O–H groups in total. The molecule has 1 aliphatic heterocycles. The molecule has 3 fully saturated rings. The second kappa shape index (κ2) is 9.64. The van der Waals surface area contributed by atoms with Gasteiger partial charge in [0.15, 0.2) is 17.0 Å². The third-order valence-electron chi connectivity index (χ3n) is 12.1. The summed E-state index contributed by atoms with van der Waals surface area (Å²) in [6.07, 6.45) is 4.00. The molecule has 1 aromatic rings. The minimum Gasteiger partial charge on any atom is -0.504 e. The van der Waals surface area contributed by atoms with Gasteiger partial charge in [0.2, 0.25) is 5.78 Å². The fourth-order valence-electron chi connectivity index (χ4n) is 9.90. The monoisotopic (exact) mass is 624 g/mol. The van der Waals surface area contributed by atoms with E-state index in [0.717, 1.165) is 12.7 Å². The van der Waals surface area contributed by atoms with Crippen LogP contribution in [0.4, 0.5) is 0 Å². The number of aliphatic hydroxyl groups is 1. The highest BCUT2D eigenvalue weighted by atomic mass is 16.6. The number of rotatable bonds is 6. The van der Waals surface area contributed by atoms with Crippen LogP contribution in [0.1, 0.15) is 72.8 Å². The summed E-state index contributed by atoms with van der Waals surface area (Å²) in [6, 6.07) is 1.81. The number of hydrogen-bond donors (Lipinski definition) is 1. The summed E-state index contributed by atoms with van der Waals surface area (Å²) in [7, 11) is 1.12. The van der Waals surface area contributed by atoms with E-state index in [4.69, 9.17) is 23.4 Å². The lowest BCUT2D eigenvalue weighted by Crippen LogP contribution is -2.76. The highest BCUT2D eigenvalue weighted by molar-refractivity contribution is 6.15. The number of fused-ring (bicyclic) bond motifs is 3. The zero-order valence-electron chi connectivity index (χ0n) is 26.8. The Morgan fingerprint density at radius 2 is 1.82 bits per heavy atom. The SMILES string of the molecule is CCC(C)C(=O)O[C@H]1C(OC(C)=O)C2[C@@]3(C)C=CC(=O)[C@](C)(C(=O)OC)C3=C(O)C(=O)[C@@]2(C)[C@@]23O[C@@H]2C[C@@H](c2ccoc2)[C@]13C. The van der Waals surface area contributed by atoms with E-state index in [1.807, 2.05) is 19.9 Å². The third kappa shape index (κ3) is 3.48. The molecule has 6 rings (SSSR count). The summed E-state index contributed by atoms with van der Waals surface area (Å²) >= 11 is 0. The molecule has 11 nitrogen and oxygen atoms in total. The van der Waals surface area contributed by atoms with Crippen molar-refractivity contribution >= 4 is 29.5 Å². The van der Waals surface area contributed by atoms with Crippen LogP contribution in [0.5, 0.6) is 0 Å². The van der Waals surface area contributed by atoms with Gasteiger partial charge in [0.25, 0.3) is 0 Å². The molecule has 11 atom stereocenters. The summed E-state index contributed by atoms with van der Waals surface area (Å²) < 4.78 is 29.6. The number of ketones is 2. The van der Waals surface area contributed by atoms with E-state index in [1.54, 1.807) is 39.4 Å². The Balaban J connectivity index is 1.68. The molecular formula is C34H40O11. The fourth-order valence-corrected chi connectivity index (χ4v) is 9.90. The zero-order chi connectivity index (χ0) is 33.1. The van der Waals surface area contributed by atoms with Crippen LogP contribution in [0.25, 0.3) is 0 Å². The molecule has 0 amide bonds. The maximum absolute atomic E-state index is 14.9. The van der Waals surface area contributed by atoms with E-state index >= 15 is 0 Å². The van der Waals surface area contributed by atoms with Gasteiger partial charge in [-0.1, -0.05) is 33.8 Å². The predicted molar refractivity (Wildman–Crippen MR) is 155 cm³/mol. The summed E-state index contributed by atoms with van der Waals surface area (Å²) in [5, 5.41) is 11.9.